The number of rotatable bonds is 4. The molecule has 3 aromatic carbocycles. The van der Waals surface area contributed by atoms with Crippen LogP contribution in [0.5, 0.6) is 5.75 Å². The first-order valence-electron chi connectivity index (χ1n) is 9.99. The monoisotopic (exact) mass is 372 g/mol. The second-order valence-electron chi connectivity index (χ2n) is 8.66. The number of aliphatic hydroxyl groups excluding tert-OH is 1. The van der Waals surface area contributed by atoms with Crippen LogP contribution in [0.3, 0.4) is 0 Å². The van der Waals surface area contributed by atoms with Gasteiger partial charge in [-0.3, -0.25) is 0 Å². The van der Waals surface area contributed by atoms with Gasteiger partial charge < -0.3 is 9.84 Å². The van der Waals surface area contributed by atoms with E-state index in [4.69, 9.17) is 4.74 Å². The lowest BCUT2D eigenvalue weighted by atomic mass is 9.82. The lowest BCUT2D eigenvalue weighted by molar-refractivity contribution is 0.198. The Morgan fingerprint density at radius 2 is 1.64 bits per heavy atom. The third kappa shape index (κ3) is 3.22. The molecule has 0 spiro atoms. The van der Waals surface area contributed by atoms with E-state index in [1.807, 2.05) is 0 Å². The molecule has 1 N–H and O–H groups in total. The average Bonchev–Trinajstić information content (AvgIpc) is 3.04. The van der Waals surface area contributed by atoms with Crippen molar-refractivity contribution in [1.82, 2.24) is 0 Å². The van der Waals surface area contributed by atoms with Gasteiger partial charge in [-0.15, -0.1) is 0 Å². The first-order chi connectivity index (χ1) is 13.4. The summed E-state index contributed by atoms with van der Waals surface area (Å²) in [5.74, 6) is 0.904. The number of hydrogen-bond acceptors (Lipinski definition) is 2. The van der Waals surface area contributed by atoms with Crippen LogP contribution in [0.2, 0.25) is 0 Å². The van der Waals surface area contributed by atoms with Gasteiger partial charge in [0, 0.05) is 5.56 Å². The van der Waals surface area contributed by atoms with Gasteiger partial charge >= 0.3 is 0 Å². The van der Waals surface area contributed by atoms with Crippen LogP contribution < -0.4 is 4.74 Å². The maximum atomic E-state index is 9.21. The molecule has 0 amide bonds. The zero-order valence-corrected chi connectivity index (χ0v) is 17.2. The van der Waals surface area contributed by atoms with Crippen LogP contribution in [0.1, 0.15) is 43.0 Å². The average molecular weight is 373 g/mol. The third-order valence-electron chi connectivity index (χ3n) is 5.58. The molecular weight excluding hydrogens is 344 g/mol. The first kappa shape index (κ1) is 18.8. The van der Waals surface area contributed by atoms with Gasteiger partial charge in [-0.05, 0) is 69.8 Å². The van der Waals surface area contributed by atoms with E-state index >= 15 is 0 Å². The Hall–Kier alpha value is -2.58. The van der Waals surface area contributed by atoms with Crippen molar-refractivity contribution < 1.29 is 9.84 Å². The van der Waals surface area contributed by atoms with Crippen molar-refractivity contribution in [2.24, 2.45) is 0 Å². The number of benzene rings is 3. The second-order valence-corrected chi connectivity index (χ2v) is 8.66. The minimum Gasteiger partial charge on any atom is -0.491 e. The fourth-order valence-corrected chi connectivity index (χ4v) is 4.25. The number of aryl methyl sites for hydroxylation is 1. The summed E-state index contributed by atoms with van der Waals surface area (Å²) in [5.41, 5.74) is 10.3. The van der Waals surface area contributed by atoms with Crippen LogP contribution in [-0.2, 0) is 11.8 Å². The molecule has 0 radical (unpaired) electrons. The Bertz CT molecular complexity index is 1030. The number of aliphatic hydroxyl groups is 1. The van der Waals surface area contributed by atoms with E-state index in [1.165, 1.54) is 38.9 Å². The van der Waals surface area contributed by atoms with Crippen LogP contribution in [0, 0.1) is 6.92 Å². The van der Waals surface area contributed by atoms with E-state index in [1.54, 1.807) is 0 Å². The van der Waals surface area contributed by atoms with Gasteiger partial charge in [0.25, 0.3) is 0 Å². The molecule has 0 fully saturated rings. The fourth-order valence-electron chi connectivity index (χ4n) is 4.25. The topological polar surface area (TPSA) is 29.5 Å². The second kappa shape index (κ2) is 7.10. The molecule has 0 atom stereocenters. The van der Waals surface area contributed by atoms with E-state index in [9.17, 15) is 5.11 Å². The lowest BCUT2D eigenvalue weighted by Gasteiger charge is -2.26. The molecule has 0 saturated carbocycles. The Labute approximate surface area is 167 Å². The molecule has 0 aliphatic heterocycles. The van der Waals surface area contributed by atoms with Crippen molar-refractivity contribution in [3.8, 4) is 28.0 Å². The van der Waals surface area contributed by atoms with Gasteiger partial charge in [0.2, 0.25) is 0 Å². The molecule has 1 aliphatic rings. The Balaban J connectivity index is 1.87. The van der Waals surface area contributed by atoms with Gasteiger partial charge in [0.05, 0.1) is 6.61 Å². The molecule has 2 heteroatoms. The maximum absolute atomic E-state index is 9.21. The maximum Gasteiger partial charge on any atom is 0.126 e. The van der Waals surface area contributed by atoms with Gasteiger partial charge in [0.1, 0.15) is 12.4 Å². The predicted molar refractivity (Wildman–Crippen MR) is 116 cm³/mol. The van der Waals surface area contributed by atoms with Crippen LogP contribution in [0.25, 0.3) is 22.3 Å². The van der Waals surface area contributed by atoms with E-state index in [0.717, 1.165) is 17.7 Å². The smallest absolute Gasteiger partial charge is 0.126 e. The standard InChI is InChI=1S/C26H28O2/c1-17-14-19(16-24(26(2,3)4)25(17)28-13-12-27)21-10-7-11-22-20-9-6-5-8-18(20)15-23(21)22/h5-11,14,16,27H,12-13,15H2,1-4H3. The molecule has 0 saturated heterocycles. The van der Waals surface area contributed by atoms with Gasteiger partial charge in [-0.1, -0.05) is 63.2 Å². The summed E-state index contributed by atoms with van der Waals surface area (Å²) in [6.07, 6.45) is 0.980. The van der Waals surface area contributed by atoms with Crippen LogP contribution in [0.4, 0.5) is 0 Å². The Morgan fingerprint density at radius 1 is 0.929 bits per heavy atom. The quantitative estimate of drug-likeness (QED) is 0.483. The molecule has 3 aromatic rings. The highest BCUT2D eigenvalue weighted by Crippen LogP contribution is 2.44. The van der Waals surface area contributed by atoms with Crippen molar-refractivity contribution >= 4 is 0 Å². The van der Waals surface area contributed by atoms with E-state index in [0.29, 0.717) is 6.61 Å². The predicted octanol–water partition coefficient (Wildman–Crippen LogP) is 5.90. The van der Waals surface area contributed by atoms with E-state index in [-0.39, 0.29) is 12.0 Å². The minimum absolute atomic E-state index is 0.0230. The van der Waals surface area contributed by atoms with Crippen molar-refractivity contribution in [3.63, 3.8) is 0 Å². The van der Waals surface area contributed by atoms with Gasteiger partial charge in [0.15, 0.2) is 0 Å². The number of ether oxygens (including phenoxy) is 1. The van der Waals surface area contributed by atoms with E-state index < -0.39 is 0 Å². The summed E-state index contributed by atoms with van der Waals surface area (Å²) in [6, 6.07) is 19.8. The van der Waals surface area contributed by atoms with Crippen LogP contribution in [-0.4, -0.2) is 18.3 Å². The summed E-state index contributed by atoms with van der Waals surface area (Å²) < 4.78 is 5.93. The van der Waals surface area contributed by atoms with Crippen molar-refractivity contribution in [3.05, 3.63) is 76.9 Å². The van der Waals surface area contributed by atoms with Crippen molar-refractivity contribution in [2.45, 2.75) is 39.5 Å². The SMILES string of the molecule is Cc1cc(-c2cccc3c2Cc2ccccc2-3)cc(C(C)(C)C)c1OCCO. The van der Waals surface area contributed by atoms with E-state index in [2.05, 4.69) is 82.3 Å². The van der Waals surface area contributed by atoms with Crippen LogP contribution in [0.15, 0.2) is 54.6 Å². The molecule has 1 aliphatic carbocycles. The highest BCUT2D eigenvalue weighted by Gasteiger charge is 2.25. The highest BCUT2D eigenvalue weighted by atomic mass is 16.5. The lowest BCUT2D eigenvalue weighted by Crippen LogP contribution is -2.16. The molecule has 0 bridgehead atoms. The molecule has 28 heavy (non-hydrogen) atoms. The Kier molecular flexibility index (Phi) is 4.76. The molecular formula is C26H28O2. The van der Waals surface area contributed by atoms with Gasteiger partial charge in [-0.25, -0.2) is 0 Å². The first-order valence-corrected chi connectivity index (χ1v) is 9.99. The fraction of sp³-hybridized carbons (Fsp3) is 0.308. The zero-order valence-electron chi connectivity index (χ0n) is 17.2. The molecule has 4 rings (SSSR count). The summed E-state index contributed by atoms with van der Waals surface area (Å²) in [6.45, 7) is 9.08. The minimum atomic E-state index is -0.0491. The largest absolute Gasteiger partial charge is 0.491 e. The van der Waals surface area contributed by atoms with Gasteiger partial charge in [-0.2, -0.15) is 0 Å². The molecule has 0 unspecified atom stereocenters. The van der Waals surface area contributed by atoms with Crippen LogP contribution >= 0.6 is 0 Å². The molecule has 144 valence electrons. The summed E-state index contributed by atoms with van der Waals surface area (Å²) in [4.78, 5) is 0. The summed E-state index contributed by atoms with van der Waals surface area (Å²) in [5, 5.41) is 9.21. The molecule has 0 aromatic heterocycles. The summed E-state index contributed by atoms with van der Waals surface area (Å²) >= 11 is 0. The number of fused-ring (bicyclic) bond motifs is 3. The van der Waals surface area contributed by atoms with Crippen molar-refractivity contribution in [2.75, 3.05) is 13.2 Å². The summed E-state index contributed by atoms with van der Waals surface area (Å²) in [7, 11) is 0. The Morgan fingerprint density at radius 3 is 2.39 bits per heavy atom. The molecule has 0 heterocycles. The number of hydrogen-bond donors (Lipinski definition) is 1. The third-order valence-corrected chi connectivity index (χ3v) is 5.58. The highest BCUT2D eigenvalue weighted by molar-refractivity contribution is 5.85. The normalized spacial score (nSPS) is 12.6. The zero-order chi connectivity index (χ0) is 19.9. The van der Waals surface area contributed by atoms with Crippen molar-refractivity contribution in [1.29, 1.82) is 0 Å². The molecule has 2 nitrogen and oxygen atoms in total.